The summed E-state index contributed by atoms with van der Waals surface area (Å²) in [6.45, 7) is 4.93. The van der Waals surface area contributed by atoms with E-state index < -0.39 is 0 Å². The predicted octanol–water partition coefficient (Wildman–Crippen LogP) is 2.59. The van der Waals surface area contributed by atoms with Crippen LogP contribution < -0.4 is 10.6 Å². The molecule has 2 N–H and O–H groups in total. The minimum absolute atomic E-state index is 0.0624. The summed E-state index contributed by atoms with van der Waals surface area (Å²) in [5.74, 6) is -0.483. The first-order chi connectivity index (χ1) is 13.5. The number of hydrogen-bond donors (Lipinski definition) is 2. The van der Waals surface area contributed by atoms with Gasteiger partial charge in [-0.3, -0.25) is 14.3 Å². The van der Waals surface area contributed by atoms with Gasteiger partial charge in [-0.15, -0.1) is 0 Å². The summed E-state index contributed by atoms with van der Waals surface area (Å²) in [5.41, 5.74) is 4.84. The lowest BCUT2D eigenvalue weighted by Gasteiger charge is -2.12. The summed E-state index contributed by atoms with van der Waals surface area (Å²) in [5, 5.41) is 9.75. The van der Waals surface area contributed by atoms with Crippen LogP contribution >= 0.6 is 0 Å². The summed E-state index contributed by atoms with van der Waals surface area (Å²) >= 11 is 0. The van der Waals surface area contributed by atoms with Crippen molar-refractivity contribution < 1.29 is 9.59 Å². The molecule has 3 rings (SSSR count). The van der Waals surface area contributed by atoms with Crippen LogP contribution in [0.4, 0.5) is 0 Å². The molecule has 0 saturated heterocycles. The van der Waals surface area contributed by atoms with Crippen molar-refractivity contribution >= 4 is 11.8 Å². The Morgan fingerprint density at radius 1 is 0.964 bits per heavy atom. The van der Waals surface area contributed by atoms with Gasteiger partial charge in [0, 0.05) is 24.5 Å². The molecule has 0 fully saturated rings. The van der Waals surface area contributed by atoms with Crippen molar-refractivity contribution in [2.75, 3.05) is 6.54 Å². The van der Waals surface area contributed by atoms with Crippen LogP contribution in [0.2, 0.25) is 0 Å². The Morgan fingerprint density at radius 2 is 1.75 bits per heavy atom. The molecule has 3 aromatic rings. The van der Waals surface area contributed by atoms with Crippen LogP contribution in [0.5, 0.6) is 0 Å². The first kappa shape index (κ1) is 19.4. The smallest absolute Gasteiger partial charge is 0.251 e. The molecule has 6 heteroatoms. The molecule has 1 heterocycles. The van der Waals surface area contributed by atoms with E-state index in [-0.39, 0.29) is 18.4 Å². The van der Waals surface area contributed by atoms with Gasteiger partial charge in [-0.05, 0) is 54.3 Å². The second-order valence-electron chi connectivity index (χ2n) is 6.73. The molecule has 0 saturated carbocycles. The van der Waals surface area contributed by atoms with Gasteiger partial charge in [0.05, 0.1) is 13.1 Å². The second kappa shape index (κ2) is 8.99. The van der Waals surface area contributed by atoms with Crippen molar-refractivity contribution in [3.05, 3.63) is 88.7 Å². The lowest BCUT2D eigenvalue weighted by molar-refractivity contribution is -0.120. The highest BCUT2D eigenvalue weighted by molar-refractivity contribution is 5.96. The maximum absolute atomic E-state index is 12.2. The molecule has 0 radical (unpaired) electrons. The molecule has 0 spiro atoms. The Hall–Kier alpha value is -3.41. The molecule has 0 aliphatic rings. The van der Waals surface area contributed by atoms with Gasteiger partial charge in [-0.25, -0.2) is 0 Å². The number of amides is 2. The van der Waals surface area contributed by atoms with Crippen molar-refractivity contribution in [1.82, 2.24) is 20.4 Å². The first-order valence-electron chi connectivity index (χ1n) is 9.19. The number of hydrogen-bond acceptors (Lipinski definition) is 3. The molecule has 0 atom stereocenters. The van der Waals surface area contributed by atoms with E-state index >= 15 is 0 Å². The third kappa shape index (κ3) is 5.07. The molecule has 1 aromatic heterocycles. The number of benzene rings is 2. The topological polar surface area (TPSA) is 76.0 Å². The van der Waals surface area contributed by atoms with Crippen molar-refractivity contribution in [3.63, 3.8) is 0 Å². The third-order valence-corrected chi connectivity index (χ3v) is 4.66. The molecular weight excluding hydrogens is 352 g/mol. The molecule has 6 nitrogen and oxygen atoms in total. The Kier molecular flexibility index (Phi) is 6.22. The molecule has 2 amide bonds. The number of carbonyl (C=O) groups is 2. The summed E-state index contributed by atoms with van der Waals surface area (Å²) in [4.78, 5) is 24.4. The van der Waals surface area contributed by atoms with E-state index in [0.29, 0.717) is 18.7 Å². The molecule has 2 aromatic carbocycles. The summed E-state index contributed by atoms with van der Waals surface area (Å²) in [7, 11) is 0. The van der Waals surface area contributed by atoms with Crippen LogP contribution in [-0.4, -0.2) is 28.1 Å². The summed E-state index contributed by atoms with van der Waals surface area (Å²) < 4.78 is 1.84. The fourth-order valence-corrected chi connectivity index (χ4v) is 2.85. The van der Waals surface area contributed by atoms with E-state index in [1.54, 1.807) is 12.3 Å². The maximum atomic E-state index is 12.2. The van der Waals surface area contributed by atoms with Gasteiger partial charge in [-0.2, -0.15) is 5.10 Å². The van der Waals surface area contributed by atoms with E-state index in [1.807, 2.05) is 67.2 Å². The zero-order chi connectivity index (χ0) is 19.9. The number of rotatable bonds is 7. The SMILES string of the molecule is Cc1ccc(C(=O)NCC(=O)NCc2ccccc2Cn2cccn2)cc1C. The van der Waals surface area contributed by atoms with E-state index in [0.717, 1.165) is 22.3 Å². The largest absolute Gasteiger partial charge is 0.350 e. The molecule has 0 aliphatic carbocycles. The maximum Gasteiger partial charge on any atom is 0.251 e. The average Bonchev–Trinajstić information content (AvgIpc) is 3.20. The van der Waals surface area contributed by atoms with Gasteiger partial charge in [0.1, 0.15) is 0 Å². The normalized spacial score (nSPS) is 10.5. The molecule has 0 bridgehead atoms. The zero-order valence-corrected chi connectivity index (χ0v) is 16.1. The van der Waals surface area contributed by atoms with Crippen molar-refractivity contribution in [1.29, 1.82) is 0 Å². The first-order valence-corrected chi connectivity index (χ1v) is 9.19. The fourth-order valence-electron chi connectivity index (χ4n) is 2.85. The van der Waals surface area contributed by atoms with Crippen LogP contribution in [0.1, 0.15) is 32.6 Å². The number of nitrogens with one attached hydrogen (secondary N) is 2. The highest BCUT2D eigenvalue weighted by Crippen LogP contribution is 2.11. The van der Waals surface area contributed by atoms with Crippen LogP contribution in [0, 0.1) is 13.8 Å². The number of aryl methyl sites for hydroxylation is 2. The Balaban J connectivity index is 1.52. The van der Waals surface area contributed by atoms with Gasteiger partial charge in [-0.1, -0.05) is 30.3 Å². The van der Waals surface area contributed by atoms with Crippen molar-refractivity contribution in [2.45, 2.75) is 26.9 Å². The Labute approximate surface area is 164 Å². The van der Waals surface area contributed by atoms with Gasteiger partial charge in [0.15, 0.2) is 0 Å². The van der Waals surface area contributed by atoms with Crippen LogP contribution in [0.25, 0.3) is 0 Å². The third-order valence-electron chi connectivity index (χ3n) is 4.66. The summed E-state index contributed by atoms with van der Waals surface area (Å²) in [6, 6.07) is 15.3. The lowest BCUT2D eigenvalue weighted by atomic mass is 10.1. The van der Waals surface area contributed by atoms with Crippen LogP contribution in [-0.2, 0) is 17.9 Å². The fraction of sp³-hybridized carbons (Fsp3) is 0.227. The number of aromatic nitrogens is 2. The Morgan fingerprint density at radius 3 is 2.46 bits per heavy atom. The molecule has 0 unspecified atom stereocenters. The van der Waals surface area contributed by atoms with Gasteiger partial charge >= 0.3 is 0 Å². The van der Waals surface area contributed by atoms with Crippen LogP contribution in [0.3, 0.4) is 0 Å². The highest BCUT2D eigenvalue weighted by atomic mass is 16.2. The van der Waals surface area contributed by atoms with Crippen LogP contribution in [0.15, 0.2) is 60.9 Å². The zero-order valence-electron chi connectivity index (χ0n) is 16.1. The monoisotopic (exact) mass is 376 g/mol. The van der Waals surface area contributed by atoms with Gasteiger partial charge < -0.3 is 10.6 Å². The second-order valence-corrected chi connectivity index (χ2v) is 6.73. The Bertz CT molecular complexity index is 964. The number of carbonyl (C=O) groups excluding carboxylic acids is 2. The molecule has 144 valence electrons. The average molecular weight is 376 g/mol. The quantitative estimate of drug-likeness (QED) is 0.665. The van der Waals surface area contributed by atoms with E-state index in [4.69, 9.17) is 0 Å². The predicted molar refractivity (Wildman–Crippen MR) is 108 cm³/mol. The molecule has 0 aliphatic heterocycles. The minimum atomic E-state index is -0.252. The number of nitrogens with zero attached hydrogens (tertiary/aromatic N) is 2. The minimum Gasteiger partial charge on any atom is -0.350 e. The lowest BCUT2D eigenvalue weighted by Crippen LogP contribution is -2.36. The van der Waals surface area contributed by atoms with E-state index in [9.17, 15) is 9.59 Å². The standard InChI is InChI=1S/C22H24N4O2/c1-16-8-9-18(12-17(16)2)22(28)24-14-21(27)23-13-19-6-3-4-7-20(19)15-26-11-5-10-25-26/h3-12H,13-15H2,1-2H3,(H,23,27)(H,24,28). The molecule has 28 heavy (non-hydrogen) atoms. The van der Waals surface area contributed by atoms with E-state index in [1.165, 1.54) is 0 Å². The van der Waals surface area contributed by atoms with E-state index in [2.05, 4.69) is 15.7 Å². The molecular formula is C22H24N4O2. The summed E-state index contributed by atoms with van der Waals surface area (Å²) in [6.07, 6.45) is 3.64. The van der Waals surface area contributed by atoms with Gasteiger partial charge in [0.25, 0.3) is 5.91 Å². The highest BCUT2D eigenvalue weighted by Gasteiger charge is 2.10. The van der Waals surface area contributed by atoms with Crippen molar-refractivity contribution in [3.8, 4) is 0 Å². The van der Waals surface area contributed by atoms with Crippen molar-refractivity contribution in [2.24, 2.45) is 0 Å². The van der Waals surface area contributed by atoms with Gasteiger partial charge in [0.2, 0.25) is 5.91 Å².